The number of aliphatic carboxylic acids is 1. The molecule has 0 saturated carbocycles. The van der Waals surface area contributed by atoms with Gasteiger partial charge < -0.3 is 5.11 Å². The highest BCUT2D eigenvalue weighted by atomic mass is 32.2. The van der Waals surface area contributed by atoms with Crippen molar-refractivity contribution in [2.45, 2.75) is 17.9 Å². The Labute approximate surface area is 118 Å². The molecule has 10 nitrogen and oxygen atoms in total. The number of nitro groups is 2. The number of benzene rings is 1. The van der Waals surface area contributed by atoms with Gasteiger partial charge in [0.2, 0.25) is 0 Å². The summed E-state index contributed by atoms with van der Waals surface area (Å²) < 4.78 is 23.6. The normalized spacial score (nSPS) is 12.6. The topological polar surface area (TPSA) is 158 Å². The number of nitro benzene ring substituents is 2. The van der Waals surface area contributed by atoms with E-state index in [1.807, 2.05) is 0 Å². The zero-order chi connectivity index (χ0) is 16.4. The van der Waals surface area contributed by atoms with Crippen molar-refractivity contribution in [1.29, 1.82) is 0 Å². The van der Waals surface area contributed by atoms with Gasteiger partial charge in [-0.3, -0.25) is 25.0 Å². The molecule has 0 amide bonds. The number of rotatable bonds is 6. The van der Waals surface area contributed by atoms with E-state index in [4.69, 9.17) is 5.11 Å². The molecular weight excluding hydrogens is 308 g/mol. The summed E-state index contributed by atoms with van der Waals surface area (Å²) in [5.41, 5.74) is -1.61. The first-order chi connectivity index (χ1) is 9.56. The summed E-state index contributed by atoms with van der Waals surface area (Å²) in [7, 11) is -4.18. The average Bonchev–Trinajstić information content (AvgIpc) is 2.37. The predicted molar refractivity (Wildman–Crippen MR) is 69.5 cm³/mol. The Morgan fingerprint density at radius 2 is 1.86 bits per heavy atom. The minimum Gasteiger partial charge on any atom is -0.480 e. The van der Waals surface area contributed by atoms with Crippen molar-refractivity contribution in [2.24, 2.45) is 0 Å². The fourth-order valence-corrected chi connectivity index (χ4v) is 2.69. The molecule has 11 heteroatoms. The van der Waals surface area contributed by atoms with Crippen LogP contribution >= 0.6 is 0 Å². The molecule has 1 rings (SSSR count). The standard InChI is InChI=1S/C10H10N2O8S/c1-6(10(13)14)21(19,20)5-7-2-3-8(11(15)16)4-9(7)12(17)18/h2-4,6H,5H2,1H3,(H,13,14). The Kier molecular flexibility index (Phi) is 4.58. The highest BCUT2D eigenvalue weighted by Crippen LogP contribution is 2.27. The maximum atomic E-state index is 11.8. The Hall–Kier alpha value is -2.56. The number of carbonyl (C=O) groups is 1. The summed E-state index contributed by atoms with van der Waals surface area (Å²) in [6.07, 6.45) is 0. The molecule has 1 aromatic carbocycles. The molecule has 0 aliphatic carbocycles. The lowest BCUT2D eigenvalue weighted by molar-refractivity contribution is -0.394. The Bertz CT molecular complexity index is 712. The summed E-state index contributed by atoms with van der Waals surface area (Å²) >= 11 is 0. The van der Waals surface area contributed by atoms with E-state index in [1.165, 1.54) is 0 Å². The second kappa shape index (κ2) is 5.83. The monoisotopic (exact) mass is 318 g/mol. The second-order valence-electron chi connectivity index (χ2n) is 4.11. The number of sulfone groups is 1. The summed E-state index contributed by atoms with van der Waals surface area (Å²) in [5, 5.41) is 28.4. The van der Waals surface area contributed by atoms with Gasteiger partial charge in [-0.2, -0.15) is 0 Å². The van der Waals surface area contributed by atoms with E-state index in [2.05, 4.69) is 0 Å². The second-order valence-corrected chi connectivity index (χ2v) is 6.44. The molecule has 0 saturated heterocycles. The van der Waals surface area contributed by atoms with Gasteiger partial charge in [-0.25, -0.2) is 8.42 Å². The third-order valence-corrected chi connectivity index (χ3v) is 4.71. The number of hydrogen-bond acceptors (Lipinski definition) is 7. The maximum absolute atomic E-state index is 11.8. The van der Waals surface area contributed by atoms with Gasteiger partial charge in [-0.1, -0.05) is 0 Å². The fraction of sp³-hybridized carbons (Fsp3) is 0.300. The number of carboxylic acid groups (broad SMARTS) is 1. The maximum Gasteiger partial charge on any atom is 0.321 e. The van der Waals surface area contributed by atoms with Gasteiger partial charge >= 0.3 is 5.97 Å². The Balaban J connectivity index is 3.29. The molecule has 0 aliphatic heterocycles. The zero-order valence-corrected chi connectivity index (χ0v) is 11.4. The lowest BCUT2D eigenvalue weighted by Gasteiger charge is -2.08. The van der Waals surface area contributed by atoms with E-state index in [-0.39, 0.29) is 5.56 Å². The minimum atomic E-state index is -4.18. The summed E-state index contributed by atoms with van der Waals surface area (Å²) in [6, 6.07) is 2.49. The van der Waals surface area contributed by atoms with Crippen LogP contribution < -0.4 is 0 Å². The number of nitrogens with zero attached hydrogens (tertiary/aromatic N) is 2. The average molecular weight is 318 g/mol. The van der Waals surface area contributed by atoms with Crippen molar-refractivity contribution in [1.82, 2.24) is 0 Å². The quantitative estimate of drug-likeness (QED) is 0.598. The molecule has 1 unspecified atom stereocenters. The van der Waals surface area contributed by atoms with Crippen molar-refractivity contribution < 1.29 is 28.2 Å². The first-order valence-corrected chi connectivity index (χ1v) is 7.14. The van der Waals surface area contributed by atoms with Gasteiger partial charge in [-0.05, 0) is 13.0 Å². The summed E-state index contributed by atoms with van der Waals surface area (Å²) in [6.45, 7) is 0.939. The van der Waals surface area contributed by atoms with Crippen molar-refractivity contribution in [3.8, 4) is 0 Å². The van der Waals surface area contributed by atoms with E-state index >= 15 is 0 Å². The Morgan fingerprint density at radius 1 is 1.29 bits per heavy atom. The fourth-order valence-electron chi connectivity index (χ4n) is 1.45. The molecule has 0 aromatic heterocycles. The molecule has 1 atom stereocenters. The molecule has 1 N–H and O–H groups in total. The zero-order valence-electron chi connectivity index (χ0n) is 10.6. The smallest absolute Gasteiger partial charge is 0.321 e. The SMILES string of the molecule is CC(C(=O)O)S(=O)(=O)Cc1ccc([N+](=O)[O-])cc1[N+](=O)[O-]. The largest absolute Gasteiger partial charge is 0.480 e. The lowest BCUT2D eigenvalue weighted by atomic mass is 10.2. The van der Waals surface area contributed by atoms with Gasteiger partial charge in [0.15, 0.2) is 15.1 Å². The molecule has 0 fully saturated rings. The third kappa shape index (κ3) is 3.72. The van der Waals surface area contributed by atoms with Gasteiger partial charge in [-0.15, -0.1) is 0 Å². The molecule has 0 spiro atoms. The molecular formula is C10H10N2O8S. The minimum absolute atomic E-state index is 0.307. The van der Waals surface area contributed by atoms with Crippen molar-refractivity contribution in [3.05, 3.63) is 44.0 Å². The number of carboxylic acids is 1. The van der Waals surface area contributed by atoms with Crippen molar-refractivity contribution in [2.75, 3.05) is 0 Å². The lowest BCUT2D eigenvalue weighted by Crippen LogP contribution is -2.28. The summed E-state index contributed by atoms with van der Waals surface area (Å²) in [4.78, 5) is 30.3. The van der Waals surface area contributed by atoms with Crippen LogP contribution in [-0.4, -0.2) is 34.6 Å². The number of non-ortho nitro benzene ring substituents is 1. The molecule has 114 valence electrons. The van der Waals surface area contributed by atoms with Crippen LogP contribution in [0.5, 0.6) is 0 Å². The summed E-state index contributed by atoms with van der Waals surface area (Å²) in [5.74, 6) is -2.48. The highest BCUT2D eigenvalue weighted by Gasteiger charge is 2.31. The van der Waals surface area contributed by atoms with Crippen LogP contribution in [0.4, 0.5) is 11.4 Å². The van der Waals surface area contributed by atoms with Crippen LogP contribution in [0.3, 0.4) is 0 Å². The van der Waals surface area contributed by atoms with Gasteiger partial charge in [0, 0.05) is 11.6 Å². The predicted octanol–water partition coefficient (Wildman–Crippen LogP) is 0.891. The Morgan fingerprint density at radius 3 is 2.29 bits per heavy atom. The van der Waals surface area contributed by atoms with Gasteiger partial charge in [0.1, 0.15) is 0 Å². The van der Waals surface area contributed by atoms with Gasteiger partial charge in [0.05, 0.1) is 21.7 Å². The highest BCUT2D eigenvalue weighted by molar-refractivity contribution is 7.92. The number of hydrogen-bond donors (Lipinski definition) is 1. The molecule has 1 aromatic rings. The molecule has 0 aliphatic rings. The van der Waals surface area contributed by atoms with E-state index in [9.17, 15) is 33.4 Å². The van der Waals surface area contributed by atoms with E-state index in [0.717, 1.165) is 19.1 Å². The third-order valence-electron chi connectivity index (χ3n) is 2.72. The van der Waals surface area contributed by atoms with Crippen molar-refractivity contribution >= 4 is 27.2 Å². The van der Waals surface area contributed by atoms with E-state index < -0.39 is 48.0 Å². The first kappa shape index (κ1) is 16.5. The van der Waals surface area contributed by atoms with Crippen LogP contribution in [0.25, 0.3) is 0 Å². The van der Waals surface area contributed by atoms with Crippen LogP contribution in [-0.2, 0) is 20.4 Å². The van der Waals surface area contributed by atoms with Crippen LogP contribution in [0.15, 0.2) is 18.2 Å². The van der Waals surface area contributed by atoms with Crippen molar-refractivity contribution in [3.63, 3.8) is 0 Å². The van der Waals surface area contributed by atoms with E-state index in [1.54, 1.807) is 0 Å². The van der Waals surface area contributed by atoms with Crippen LogP contribution in [0, 0.1) is 20.2 Å². The molecule has 21 heavy (non-hydrogen) atoms. The molecule has 0 radical (unpaired) electrons. The first-order valence-electron chi connectivity index (χ1n) is 5.42. The van der Waals surface area contributed by atoms with Crippen LogP contribution in [0.1, 0.15) is 12.5 Å². The molecule has 0 bridgehead atoms. The van der Waals surface area contributed by atoms with E-state index in [0.29, 0.717) is 6.07 Å². The molecule has 0 heterocycles. The van der Waals surface area contributed by atoms with Crippen LogP contribution in [0.2, 0.25) is 0 Å². The van der Waals surface area contributed by atoms with Gasteiger partial charge in [0.25, 0.3) is 11.4 Å².